The molecule has 0 atom stereocenters. The maximum absolute atomic E-state index is 5.94. The van der Waals surface area contributed by atoms with Gasteiger partial charge in [0.05, 0.1) is 0 Å². The lowest BCUT2D eigenvalue weighted by atomic mass is 10.2. The second-order valence-electron chi connectivity index (χ2n) is 4.55. The molecule has 0 aliphatic heterocycles. The van der Waals surface area contributed by atoms with Gasteiger partial charge in [-0.25, -0.2) is 0 Å². The molecule has 0 aromatic heterocycles. The standard InChI is InChI=1S/C16H18ClNO/c1-12-3-7-15(8-4-12)18-9-10-19-16-11-14(17)6-5-13(16)2/h3-8,11,18H,9-10H2,1-2H3. The Kier molecular flexibility index (Phi) is 4.69. The number of hydrogen-bond acceptors (Lipinski definition) is 2. The Morgan fingerprint density at radius 2 is 1.79 bits per heavy atom. The van der Waals surface area contributed by atoms with E-state index in [0.29, 0.717) is 11.6 Å². The van der Waals surface area contributed by atoms with E-state index in [2.05, 4.69) is 36.5 Å². The Bertz CT molecular complexity index is 537. The first-order valence-electron chi connectivity index (χ1n) is 6.34. The van der Waals surface area contributed by atoms with E-state index < -0.39 is 0 Å². The zero-order chi connectivity index (χ0) is 13.7. The summed E-state index contributed by atoms with van der Waals surface area (Å²) in [5.74, 6) is 0.846. The lowest BCUT2D eigenvalue weighted by molar-refractivity contribution is 0.330. The van der Waals surface area contributed by atoms with Crippen molar-refractivity contribution in [3.8, 4) is 5.75 Å². The highest BCUT2D eigenvalue weighted by Crippen LogP contribution is 2.22. The first-order valence-corrected chi connectivity index (χ1v) is 6.72. The van der Waals surface area contributed by atoms with Crippen molar-refractivity contribution in [2.45, 2.75) is 13.8 Å². The molecule has 0 heterocycles. The molecule has 0 unspecified atom stereocenters. The third-order valence-corrected chi connectivity index (χ3v) is 3.13. The second-order valence-corrected chi connectivity index (χ2v) is 4.99. The lowest BCUT2D eigenvalue weighted by Gasteiger charge is -2.11. The van der Waals surface area contributed by atoms with Crippen molar-refractivity contribution in [2.75, 3.05) is 18.5 Å². The van der Waals surface area contributed by atoms with Crippen molar-refractivity contribution >= 4 is 17.3 Å². The minimum atomic E-state index is 0.606. The quantitative estimate of drug-likeness (QED) is 0.814. The normalized spacial score (nSPS) is 10.3. The topological polar surface area (TPSA) is 21.3 Å². The molecular weight excluding hydrogens is 258 g/mol. The van der Waals surface area contributed by atoms with Gasteiger partial charge in [-0.05, 0) is 43.7 Å². The van der Waals surface area contributed by atoms with Gasteiger partial charge < -0.3 is 10.1 Å². The first-order chi connectivity index (χ1) is 9.15. The highest BCUT2D eigenvalue weighted by Gasteiger charge is 2.00. The van der Waals surface area contributed by atoms with Gasteiger partial charge in [-0.1, -0.05) is 35.4 Å². The maximum atomic E-state index is 5.94. The predicted octanol–water partition coefficient (Wildman–Crippen LogP) is 4.45. The molecule has 0 saturated heterocycles. The molecule has 0 aliphatic carbocycles. The molecule has 0 radical (unpaired) electrons. The van der Waals surface area contributed by atoms with Crippen LogP contribution >= 0.6 is 11.6 Å². The van der Waals surface area contributed by atoms with Gasteiger partial charge in [0.2, 0.25) is 0 Å². The zero-order valence-corrected chi connectivity index (χ0v) is 12.0. The van der Waals surface area contributed by atoms with Crippen LogP contribution in [0.4, 0.5) is 5.69 Å². The molecular formula is C16H18ClNO. The number of halogens is 1. The van der Waals surface area contributed by atoms with Crippen LogP contribution in [-0.2, 0) is 0 Å². The Morgan fingerprint density at radius 1 is 1.05 bits per heavy atom. The van der Waals surface area contributed by atoms with Gasteiger partial charge in [-0.15, -0.1) is 0 Å². The van der Waals surface area contributed by atoms with Crippen LogP contribution in [0.5, 0.6) is 5.75 Å². The molecule has 0 saturated carbocycles. The minimum absolute atomic E-state index is 0.606. The third-order valence-electron chi connectivity index (χ3n) is 2.89. The van der Waals surface area contributed by atoms with E-state index in [1.807, 2.05) is 25.1 Å². The van der Waals surface area contributed by atoms with E-state index in [1.54, 1.807) is 0 Å². The van der Waals surface area contributed by atoms with Gasteiger partial charge >= 0.3 is 0 Å². The van der Waals surface area contributed by atoms with E-state index in [0.717, 1.165) is 23.5 Å². The smallest absolute Gasteiger partial charge is 0.123 e. The summed E-state index contributed by atoms with van der Waals surface area (Å²) in [6.45, 7) is 5.46. The summed E-state index contributed by atoms with van der Waals surface area (Å²) in [4.78, 5) is 0. The summed E-state index contributed by atoms with van der Waals surface area (Å²) in [6.07, 6.45) is 0. The van der Waals surface area contributed by atoms with E-state index in [4.69, 9.17) is 16.3 Å². The summed E-state index contributed by atoms with van der Waals surface area (Å²) < 4.78 is 5.72. The molecule has 0 aliphatic rings. The van der Waals surface area contributed by atoms with Crippen LogP contribution in [0.1, 0.15) is 11.1 Å². The molecule has 2 rings (SSSR count). The van der Waals surface area contributed by atoms with E-state index in [-0.39, 0.29) is 0 Å². The summed E-state index contributed by atoms with van der Waals surface area (Å²) in [5, 5.41) is 4.02. The van der Waals surface area contributed by atoms with Gasteiger partial charge in [-0.2, -0.15) is 0 Å². The average molecular weight is 276 g/mol. The summed E-state index contributed by atoms with van der Waals surface area (Å²) in [5.41, 5.74) is 3.47. The van der Waals surface area contributed by atoms with Crippen LogP contribution in [0.3, 0.4) is 0 Å². The van der Waals surface area contributed by atoms with E-state index in [1.165, 1.54) is 5.56 Å². The number of hydrogen-bond donors (Lipinski definition) is 1. The molecule has 3 heteroatoms. The fourth-order valence-electron chi connectivity index (χ4n) is 1.76. The molecule has 0 spiro atoms. The number of rotatable bonds is 5. The Balaban J connectivity index is 1.80. The SMILES string of the molecule is Cc1ccc(NCCOc2cc(Cl)ccc2C)cc1. The molecule has 2 aromatic rings. The molecule has 1 N–H and O–H groups in total. The number of anilines is 1. The minimum Gasteiger partial charge on any atom is -0.491 e. The van der Waals surface area contributed by atoms with Crippen molar-refractivity contribution in [3.63, 3.8) is 0 Å². The number of ether oxygens (including phenoxy) is 1. The second kappa shape index (κ2) is 6.48. The Morgan fingerprint density at radius 3 is 2.53 bits per heavy atom. The van der Waals surface area contributed by atoms with E-state index in [9.17, 15) is 0 Å². The van der Waals surface area contributed by atoms with Crippen LogP contribution in [0.2, 0.25) is 5.02 Å². The van der Waals surface area contributed by atoms with Gasteiger partial charge in [0, 0.05) is 17.3 Å². The highest BCUT2D eigenvalue weighted by atomic mass is 35.5. The maximum Gasteiger partial charge on any atom is 0.123 e. The number of nitrogens with one attached hydrogen (secondary N) is 1. The van der Waals surface area contributed by atoms with Crippen molar-refractivity contribution in [2.24, 2.45) is 0 Å². The van der Waals surface area contributed by atoms with Crippen molar-refractivity contribution in [1.29, 1.82) is 0 Å². The van der Waals surface area contributed by atoms with Gasteiger partial charge in [-0.3, -0.25) is 0 Å². The predicted molar refractivity (Wildman–Crippen MR) is 81.4 cm³/mol. The van der Waals surface area contributed by atoms with Crippen LogP contribution in [0, 0.1) is 13.8 Å². The Hall–Kier alpha value is -1.67. The zero-order valence-electron chi connectivity index (χ0n) is 11.2. The largest absolute Gasteiger partial charge is 0.491 e. The highest BCUT2D eigenvalue weighted by molar-refractivity contribution is 6.30. The van der Waals surface area contributed by atoms with Crippen molar-refractivity contribution < 1.29 is 4.74 Å². The van der Waals surface area contributed by atoms with Gasteiger partial charge in [0.15, 0.2) is 0 Å². The monoisotopic (exact) mass is 275 g/mol. The summed E-state index contributed by atoms with van der Waals surface area (Å²) in [6, 6.07) is 14.0. The molecule has 0 fully saturated rings. The van der Waals surface area contributed by atoms with Crippen LogP contribution in [-0.4, -0.2) is 13.2 Å². The van der Waals surface area contributed by atoms with Gasteiger partial charge in [0.25, 0.3) is 0 Å². The third kappa shape index (κ3) is 4.18. The van der Waals surface area contributed by atoms with Crippen molar-refractivity contribution in [3.05, 3.63) is 58.6 Å². The van der Waals surface area contributed by atoms with Crippen molar-refractivity contribution in [1.82, 2.24) is 0 Å². The van der Waals surface area contributed by atoms with Crippen LogP contribution < -0.4 is 10.1 Å². The van der Waals surface area contributed by atoms with Crippen LogP contribution in [0.25, 0.3) is 0 Å². The number of benzene rings is 2. The van der Waals surface area contributed by atoms with E-state index >= 15 is 0 Å². The molecule has 2 aromatic carbocycles. The molecule has 2 nitrogen and oxygen atoms in total. The van der Waals surface area contributed by atoms with Crippen LogP contribution in [0.15, 0.2) is 42.5 Å². The summed E-state index contributed by atoms with van der Waals surface area (Å²) in [7, 11) is 0. The average Bonchev–Trinajstić information content (AvgIpc) is 2.40. The fourth-order valence-corrected chi connectivity index (χ4v) is 1.92. The molecule has 0 bridgehead atoms. The number of aryl methyl sites for hydroxylation is 2. The van der Waals surface area contributed by atoms with Gasteiger partial charge in [0.1, 0.15) is 12.4 Å². The first kappa shape index (κ1) is 13.8. The summed E-state index contributed by atoms with van der Waals surface area (Å²) >= 11 is 5.94. The molecule has 19 heavy (non-hydrogen) atoms. The Labute approximate surface area is 119 Å². The lowest BCUT2D eigenvalue weighted by Crippen LogP contribution is -2.11. The molecule has 0 amide bonds. The fraction of sp³-hybridized carbons (Fsp3) is 0.250. The molecule has 100 valence electrons.